The smallest absolute Gasteiger partial charge is 0.330 e. The van der Waals surface area contributed by atoms with Crippen molar-refractivity contribution in [2.75, 3.05) is 0 Å². The predicted molar refractivity (Wildman–Crippen MR) is 82.4 cm³/mol. The maximum absolute atomic E-state index is 11.2. The minimum atomic E-state index is -0.256. The zero-order valence-electron chi connectivity index (χ0n) is 13.0. The molecule has 0 heterocycles. The number of hydrogen-bond acceptors (Lipinski definition) is 2. The van der Waals surface area contributed by atoms with E-state index in [9.17, 15) is 4.79 Å². The van der Waals surface area contributed by atoms with Crippen LogP contribution in [0, 0.1) is 17.8 Å². The zero-order valence-corrected chi connectivity index (χ0v) is 13.0. The van der Waals surface area contributed by atoms with Crippen LogP contribution in [-0.4, -0.2) is 12.1 Å². The number of hydrogen-bond donors (Lipinski definition) is 0. The van der Waals surface area contributed by atoms with Crippen LogP contribution in [0.25, 0.3) is 0 Å². The van der Waals surface area contributed by atoms with E-state index in [2.05, 4.69) is 13.5 Å². The Labute approximate surface area is 124 Å². The first-order valence-corrected chi connectivity index (χ1v) is 8.56. The Bertz CT molecular complexity index is 307. The highest BCUT2D eigenvalue weighted by Gasteiger charge is 2.31. The van der Waals surface area contributed by atoms with Crippen molar-refractivity contribution in [3.8, 4) is 0 Å². The lowest BCUT2D eigenvalue weighted by Gasteiger charge is -2.37. The average Bonchev–Trinajstić information content (AvgIpc) is 2.49. The molecule has 0 atom stereocenters. The molecule has 2 saturated carbocycles. The summed E-state index contributed by atoms with van der Waals surface area (Å²) in [7, 11) is 0. The van der Waals surface area contributed by atoms with E-state index in [1.807, 2.05) is 0 Å². The molecule has 2 nitrogen and oxygen atoms in total. The standard InChI is InChI=1S/C18H30O2/c1-3-5-14-6-8-15(9-7-14)16-10-12-17(13-11-16)20-18(19)4-2/h4,14-17H,2-3,5-13H2,1H3. The molecule has 0 aromatic carbocycles. The summed E-state index contributed by atoms with van der Waals surface area (Å²) in [5.41, 5.74) is 0. The molecule has 0 unspecified atom stereocenters. The number of carbonyl (C=O) groups excluding carboxylic acids is 1. The summed E-state index contributed by atoms with van der Waals surface area (Å²) in [6.45, 7) is 5.77. The summed E-state index contributed by atoms with van der Waals surface area (Å²) in [6.07, 6.45) is 14.6. The average molecular weight is 278 g/mol. The zero-order chi connectivity index (χ0) is 14.4. The maximum atomic E-state index is 11.2. The normalized spacial score (nSPS) is 34.5. The van der Waals surface area contributed by atoms with Crippen molar-refractivity contribution in [2.45, 2.75) is 77.2 Å². The van der Waals surface area contributed by atoms with Gasteiger partial charge in [-0.25, -0.2) is 4.79 Å². The van der Waals surface area contributed by atoms with Gasteiger partial charge in [-0.2, -0.15) is 0 Å². The number of ether oxygens (including phenoxy) is 1. The number of esters is 1. The fraction of sp³-hybridized carbons (Fsp3) is 0.833. The van der Waals surface area contributed by atoms with Gasteiger partial charge in [-0.15, -0.1) is 0 Å². The van der Waals surface area contributed by atoms with Crippen molar-refractivity contribution in [3.05, 3.63) is 12.7 Å². The third-order valence-corrected chi connectivity index (χ3v) is 5.42. The van der Waals surface area contributed by atoms with Crippen LogP contribution >= 0.6 is 0 Å². The van der Waals surface area contributed by atoms with Gasteiger partial charge >= 0.3 is 5.97 Å². The van der Waals surface area contributed by atoms with Crippen molar-refractivity contribution in [1.29, 1.82) is 0 Å². The summed E-state index contributed by atoms with van der Waals surface area (Å²) >= 11 is 0. The second-order valence-electron chi connectivity index (χ2n) is 6.75. The SMILES string of the molecule is C=CC(=O)OC1CCC(C2CCC(CCC)CC2)CC1. The summed E-state index contributed by atoms with van der Waals surface area (Å²) in [5.74, 6) is 2.57. The minimum absolute atomic E-state index is 0.146. The maximum Gasteiger partial charge on any atom is 0.330 e. The second-order valence-corrected chi connectivity index (χ2v) is 6.75. The monoisotopic (exact) mass is 278 g/mol. The first kappa shape index (κ1) is 15.6. The molecule has 0 aliphatic heterocycles. The molecule has 0 aromatic heterocycles. The van der Waals surface area contributed by atoms with Gasteiger partial charge in [0, 0.05) is 6.08 Å². The van der Waals surface area contributed by atoms with Crippen LogP contribution in [-0.2, 0) is 9.53 Å². The molecule has 0 amide bonds. The molecule has 0 aromatic rings. The molecule has 2 heteroatoms. The first-order chi connectivity index (χ1) is 9.72. The van der Waals surface area contributed by atoms with E-state index in [4.69, 9.17) is 4.74 Å². The molecule has 0 spiro atoms. The number of carbonyl (C=O) groups is 1. The van der Waals surface area contributed by atoms with Gasteiger partial charge in [-0.3, -0.25) is 0 Å². The van der Waals surface area contributed by atoms with Gasteiger partial charge in [0.15, 0.2) is 0 Å². The van der Waals surface area contributed by atoms with E-state index < -0.39 is 0 Å². The Morgan fingerprint density at radius 2 is 1.60 bits per heavy atom. The lowest BCUT2D eigenvalue weighted by Crippen LogP contribution is -2.29. The summed E-state index contributed by atoms with van der Waals surface area (Å²) < 4.78 is 5.37. The Hall–Kier alpha value is -0.790. The van der Waals surface area contributed by atoms with Crippen molar-refractivity contribution >= 4 is 5.97 Å². The Balaban J connectivity index is 1.69. The van der Waals surface area contributed by atoms with Crippen molar-refractivity contribution in [1.82, 2.24) is 0 Å². The summed E-state index contributed by atoms with van der Waals surface area (Å²) in [4.78, 5) is 11.2. The van der Waals surface area contributed by atoms with Crippen molar-refractivity contribution in [2.24, 2.45) is 17.8 Å². The van der Waals surface area contributed by atoms with E-state index in [1.165, 1.54) is 57.4 Å². The van der Waals surface area contributed by atoms with Crippen LogP contribution in [0.15, 0.2) is 12.7 Å². The third-order valence-electron chi connectivity index (χ3n) is 5.42. The van der Waals surface area contributed by atoms with Crippen LogP contribution < -0.4 is 0 Å². The molecule has 0 saturated heterocycles. The third kappa shape index (κ3) is 4.36. The first-order valence-electron chi connectivity index (χ1n) is 8.56. The molecule has 2 fully saturated rings. The highest BCUT2D eigenvalue weighted by atomic mass is 16.5. The topological polar surface area (TPSA) is 26.3 Å². The molecule has 2 aliphatic carbocycles. The molecule has 114 valence electrons. The highest BCUT2D eigenvalue weighted by molar-refractivity contribution is 5.81. The second kappa shape index (κ2) is 7.85. The fourth-order valence-corrected chi connectivity index (χ4v) is 4.25. The molecular weight excluding hydrogens is 248 g/mol. The molecule has 0 radical (unpaired) electrons. The van der Waals surface area contributed by atoms with Crippen LogP contribution in [0.1, 0.15) is 71.1 Å². The lowest BCUT2D eigenvalue weighted by molar-refractivity contribution is -0.145. The molecule has 2 rings (SSSR count). The van der Waals surface area contributed by atoms with E-state index in [0.717, 1.165) is 30.6 Å². The summed E-state index contributed by atoms with van der Waals surface area (Å²) in [5, 5.41) is 0. The van der Waals surface area contributed by atoms with E-state index in [-0.39, 0.29) is 12.1 Å². The van der Waals surface area contributed by atoms with Gasteiger partial charge in [0.25, 0.3) is 0 Å². The van der Waals surface area contributed by atoms with Crippen LogP contribution in [0.5, 0.6) is 0 Å². The fourth-order valence-electron chi connectivity index (χ4n) is 4.25. The van der Waals surface area contributed by atoms with Crippen molar-refractivity contribution in [3.63, 3.8) is 0 Å². The molecule has 2 aliphatic rings. The summed E-state index contributed by atoms with van der Waals surface area (Å²) in [6, 6.07) is 0. The van der Waals surface area contributed by atoms with Gasteiger partial charge in [-0.1, -0.05) is 39.2 Å². The van der Waals surface area contributed by atoms with Crippen LogP contribution in [0.3, 0.4) is 0 Å². The van der Waals surface area contributed by atoms with Crippen LogP contribution in [0.2, 0.25) is 0 Å². The largest absolute Gasteiger partial charge is 0.459 e. The van der Waals surface area contributed by atoms with Gasteiger partial charge in [-0.05, 0) is 56.3 Å². The van der Waals surface area contributed by atoms with Gasteiger partial charge in [0.1, 0.15) is 6.10 Å². The molecule has 0 bridgehead atoms. The molecule has 20 heavy (non-hydrogen) atoms. The Morgan fingerprint density at radius 3 is 2.10 bits per heavy atom. The molecule has 0 N–H and O–H groups in total. The predicted octanol–water partition coefficient (Wildman–Crippen LogP) is 4.88. The van der Waals surface area contributed by atoms with Gasteiger partial charge in [0.2, 0.25) is 0 Å². The number of rotatable bonds is 5. The Kier molecular flexibility index (Phi) is 6.12. The van der Waals surface area contributed by atoms with Gasteiger partial charge < -0.3 is 4.74 Å². The minimum Gasteiger partial charge on any atom is -0.459 e. The molecular formula is C18H30O2. The van der Waals surface area contributed by atoms with Crippen LogP contribution in [0.4, 0.5) is 0 Å². The van der Waals surface area contributed by atoms with E-state index >= 15 is 0 Å². The Morgan fingerprint density at radius 1 is 1.05 bits per heavy atom. The van der Waals surface area contributed by atoms with Gasteiger partial charge in [0.05, 0.1) is 0 Å². The van der Waals surface area contributed by atoms with E-state index in [0.29, 0.717) is 0 Å². The highest BCUT2D eigenvalue weighted by Crippen LogP contribution is 2.41. The quantitative estimate of drug-likeness (QED) is 0.529. The van der Waals surface area contributed by atoms with E-state index in [1.54, 1.807) is 0 Å². The van der Waals surface area contributed by atoms with Crippen molar-refractivity contribution < 1.29 is 9.53 Å². The lowest BCUT2D eigenvalue weighted by atomic mass is 9.70.